The Morgan fingerprint density at radius 2 is 1.84 bits per heavy atom. The molecule has 0 aliphatic heterocycles. The third kappa shape index (κ3) is 2.88. The van der Waals surface area contributed by atoms with Gasteiger partial charge in [-0.15, -0.1) is 0 Å². The maximum atomic E-state index is 13.1. The number of nitrogens with two attached hydrogens (primary N) is 1. The molecule has 0 amide bonds. The van der Waals surface area contributed by atoms with Crippen molar-refractivity contribution < 1.29 is 13.5 Å². The van der Waals surface area contributed by atoms with E-state index in [0.29, 0.717) is 11.3 Å². The van der Waals surface area contributed by atoms with Crippen LogP contribution in [0.4, 0.5) is 8.78 Å². The standard InChI is InChI=1S/C14H12F2N2O/c1-8-6-9(14(17)18)2-5-13(8)19-10-3-4-11(15)12(16)7-10/h2-7H,1H3,(H3,17,18). The summed E-state index contributed by atoms with van der Waals surface area (Å²) < 4.78 is 31.3. The van der Waals surface area contributed by atoms with Crippen molar-refractivity contribution in [3.63, 3.8) is 0 Å². The molecule has 0 spiro atoms. The molecule has 98 valence electrons. The minimum atomic E-state index is -0.962. The predicted molar refractivity (Wildman–Crippen MR) is 68.6 cm³/mol. The second-order valence-electron chi connectivity index (χ2n) is 4.07. The number of benzene rings is 2. The topological polar surface area (TPSA) is 59.1 Å². The number of hydrogen-bond donors (Lipinski definition) is 2. The smallest absolute Gasteiger partial charge is 0.162 e. The van der Waals surface area contributed by atoms with Crippen LogP contribution < -0.4 is 10.5 Å². The van der Waals surface area contributed by atoms with E-state index in [2.05, 4.69) is 0 Å². The molecule has 2 aromatic carbocycles. The Kier molecular flexibility index (Phi) is 3.46. The molecule has 0 bridgehead atoms. The van der Waals surface area contributed by atoms with Gasteiger partial charge >= 0.3 is 0 Å². The molecule has 0 aliphatic rings. The van der Waals surface area contributed by atoms with Crippen LogP contribution in [0.25, 0.3) is 0 Å². The molecule has 0 heterocycles. The van der Waals surface area contributed by atoms with Crippen molar-refractivity contribution in [3.05, 3.63) is 59.2 Å². The van der Waals surface area contributed by atoms with Crippen molar-refractivity contribution in [1.29, 1.82) is 5.41 Å². The lowest BCUT2D eigenvalue weighted by atomic mass is 10.1. The van der Waals surface area contributed by atoms with Gasteiger partial charge in [0, 0.05) is 11.6 Å². The minimum Gasteiger partial charge on any atom is -0.457 e. The Morgan fingerprint density at radius 1 is 1.11 bits per heavy atom. The van der Waals surface area contributed by atoms with Gasteiger partial charge in [0.15, 0.2) is 11.6 Å². The molecule has 0 aromatic heterocycles. The summed E-state index contributed by atoms with van der Waals surface area (Å²) in [5.41, 5.74) is 6.70. The molecule has 19 heavy (non-hydrogen) atoms. The maximum Gasteiger partial charge on any atom is 0.162 e. The lowest BCUT2D eigenvalue weighted by Gasteiger charge is -2.10. The van der Waals surface area contributed by atoms with E-state index in [4.69, 9.17) is 15.9 Å². The second-order valence-corrected chi connectivity index (χ2v) is 4.07. The monoisotopic (exact) mass is 262 g/mol. The summed E-state index contributed by atoms with van der Waals surface area (Å²) in [5, 5.41) is 7.32. The fourth-order valence-electron chi connectivity index (χ4n) is 1.60. The second kappa shape index (κ2) is 5.06. The van der Waals surface area contributed by atoms with Gasteiger partial charge in [-0.05, 0) is 42.8 Å². The van der Waals surface area contributed by atoms with Gasteiger partial charge in [-0.3, -0.25) is 5.41 Å². The van der Waals surface area contributed by atoms with E-state index in [9.17, 15) is 8.78 Å². The highest BCUT2D eigenvalue weighted by Crippen LogP contribution is 2.26. The third-order valence-electron chi connectivity index (χ3n) is 2.60. The first-order valence-electron chi connectivity index (χ1n) is 5.55. The normalized spacial score (nSPS) is 10.3. The van der Waals surface area contributed by atoms with Gasteiger partial charge in [0.1, 0.15) is 17.3 Å². The predicted octanol–water partition coefficient (Wildman–Crippen LogP) is 3.35. The molecule has 3 N–H and O–H groups in total. The van der Waals surface area contributed by atoms with E-state index in [-0.39, 0.29) is 11.6 Å². The van der Waals surface area contributed by atoms with E-state index < -0.39 is 11.6 Å². The van der Waals surface area contributed by atoms with E-state index in [0.717, 1.165) is 17.7 Å². The quantitative estimate of drug-likeness (QED) is 0.658. The highest BCUT2D eigenvalue weighted by molar-refractivity contribution is 5.95. The Morgan fingerprint density at radius 3 is 2.42 bits per heavy atom. The molecule has 0 unspecified atom stereocenters. The van der Waals surface area contributed by atoms with E-state index >= 15 is 0 Å². The van der Waals surface area contributed by atoms with E-state index in [1.54, 1.807) is 25.1 Å². The van der Waals surface area contributed by atoms with Crippen molar-refractivity contribution in [1.82, 2.24) is 0 Å². The zero-order chi connectivity index (χ0) is 14.0. The first-order chi connectivity index (χ1) is 8.97. The average molecular weight is 262 g/mol. The first kappa shape index (κ1) is 13.0. The van der Waals surface area contributed by atoms with Crippen LogP contribution in [0.15, 0.2) is 36.4 Å². The number of ether oxygens (including phenoxy) is 1. The minimum absolute atomic E-state index is 0.0394. The largest absolute Gasteiger partial charge is 0.457 e. The third-order valence-corrected chi connectivity index (χ3v) is 2.60. The number of nitrogens with one attached hydrogen (secondary N) is 1. The Labute approximate surface area is 109 Å². The fraction of sp³-hybridized carbons (Fsp3) is 0.0714. The lowest BCUT2D eigenvalue weighted by Crippen LogP contribution is -2.11. The lowest BCUT2D eigenvalue weighted by molar-refractivity contribution is 0.459. The average Bonchev–Trinajstić information content (AvgIpc) is 2.36. The summed E-state index contributed by atoms with van der Waals surface area (Å²) >= 11 is 0. The molecule has 0 saturated heterocycles. The van der Waals surface area contributed by atoms with Crippen LogP contribution in [0, 0.1) is 24.0 Å². The zero-order valence-corrected chi connectivity index (χ0v) is 10.2. The van der Waals surface area contributed by atoms with Crippen LogP contribution in [0.3, 0.4) is 0 Å². The highest BCUT2D eigenvalue weighted by Gasteiger charge is 2.07. The van der Waals surface area contributed by atoms with Gasteiger partial charge < -0.3 is 10.5 Å². The SMILES string of the molecule is Cc1cc(C(=N)N)ccc1Oc1ccc(F)c(F)c1. The number of rotatable bonds is 3. The number of amidine groups is 1. The molecule has 0 aliphatic carbocycles. The van der Waals surface area contributed by atoms with Crippen molar-refractivity contribution in [3.8, 4) is 11.5 Å². The van der Waals surface area contributed by atoms with Crippen LogP contribution in [0.2, 0.25) is 0 Å². The summed E-state index contributed by atoms with van der Waals surface area (Å²) in [6.07, 6.45) is 0. The Bertz CT molecular complexity index is 641. The van der Waals surface area contributed by atoms with Gasteiger partial charge in [0.25, 0.3) is 0 Å². The molecule has 5 heteroatoms. The van der Waals surface area contributed by atoms with Crippen LogP contribution in [-0.2, 0) is 0 Å². The molecule has 2 aromatic rings. The molecular weight excluding hydrogens is 250 g/mol. The number of aryl methyl sites for hydroxylation is 1. The van der Waals surface area contributed by atoms with Crippen molar-refractivity contribution in [2.45, 2.75) is 6.92 Å². The van der Waals surface area contributed by atoms with Crippen molar-refractivity contribution in [2.24, 2.45) is 5.73 Å². The summed E-state index contributed by atoms with van der Waals surface area (Å²) in [6, 6.07) is 8.28. The molecule has 0 radical (unpaired) electrons. The van der Waals surface area contributed by atoms with Gasteiger partial charge in [0.05, 0.1) is 0 Å². The Hall–Kier alpha value is -2.43. The van der Waals surface area contributed by atoms with Crippen molar-refractivity contribution >= 4 is 5.84 Å². The summed E-state index contributed by atoms with van der Waals surface area (Å²) in [7, 11) is 0. The van der Waals surface area contributed by atoms with Gasteiger partial charge in [0.2, 0.25) is 0 Å². The molecule has 2 rings (SSSR count). The fourth-order valence-corrected chi connectivity index (χ4v) is 1.60. The van der Waals surface area contributed by atoms with Gasteiger partial charge in [-0.2, -0.15) is 0 Å². The summed E-state index contributed by atoms with van der Waals surface area (Å²) in [6.45, 7) is 1.78. The molecule has 0 atom stereocenters. The summed E-state index contributed by atoms with van der Waals surface area (Å²) in [5.74, 6) is -1.22. The Balaban J connectivity index is 2.28. The molecule has 0 fully saturated rings. The first-order valence-corrected chi connectivity index (χ1v) is 5.55. The van der Waals surface area contributed by atoms with Gasteiger partial charge in [-0.25, -0.2) is 8.78 Å². The van der Waals surface area contributed by atoms with Crippen molar-refractivity contribution in [2.75, 3.05) is 0 Å². The zero-order valence-electron chi connectivity index (χ0n) is 10.2. The molecule has 3 nitrogen and oxygen atoms in total. The molecule has 0 saturated carbocycles. The van der Waals surface area contributed by atoms with Crippen LogP contribution in [0.1, 0.15) is 11.1 Å². The summed E-state index contributed by atoms with van der Waals surface area (Å²) in [4.78, 5) is 0. The number of halogens is 2. The van der Waals surface area contributed by atoms with Crippen LogP contribution >= 0.6 is 0 Å². The van der Waals surface area contributed by atoms with E-state index in [1.165, 1.54) is 6.07 Å². The van der Waals surface area contributed by atoms with Crippen LogP contribution in [0.5, 0.6) is 11.5 Å². The molecular formula is C14H12F2N2O. The number of nitrogen functional groups attached to an aromatic ring is 1. The van der Waals surface area contributed by atoms with Gasteiger partial charge in [-0.1, -0.05) is 0 Å². The van der Waals surface area contributed by atoms with Crippen LogP contribution in [-0.4, -0.2) is 5.84 Å². The van der Waals surface area contributed by atoms with E-state index in [1.807, 2.05) is 0 Å². The maximum absolute atomic E-state index is 13.1. The number of hydrogen-bond acceptors (Lipinski definition) is 2. The highest BCUT2D eigenvalue weighted by atomic mass is 19.2.